The number of carbonyl (C=O) groups excluding carboxylic acids is 1. The minimum absolute atomic E-state index is 0.167. The third-order valence-corrected chi connectivity index (χ3v) is 4.35. The van der Waals surface area contributed by atoms with Crippen LogP contribution in [0, 0.1) is 17.7 Å². The van der Waals surface area contributed by atoms with E-state index in [4.69, 9.17) is 5.73 Å². The third kappa shape index (κ3) is 2.08. The van der Waals surface area contributed by atoms with Gasteiger partial charge in [-0.2, -0.15) is 0 Å². The van der Waals surface area contributed by atoms with E-state index < -0.39 is 5.82 Å². The zero-order valence-electron chi connectivity index (χ0n) is 10.6. The van der Waals surface area contributed by atoms with E-state index in [-0.39, 0.29) is 23.6 Å². The molecule has 1 saturated heterocycles. The Bertz CT molecular complexity index is 520. The number of hydrogen-bond donors (Lipinski definition) is 2. The number of likely N-dealkylation sites (tertiary alicyclic amines) is 1. The van der Waals surface area contributed by atoms with Crippen LogP contribution in [0.2, 0.25) is 0 Å². The second-order valence-corrected chi connectivity index (χ2v) is 5.51. The highest BCUT2D eigenvalue weighted by atomic mass is 19.1. The molecule has 1 aliphatic heterocycles. The van der Waals surface area contributed by atoms with Crippen molar-refractivity contribution in [2.24, 2.45) is 11.8 Å². The first-order chi connectivity index (χ1) is 9.06. The first kappa shape index (κ1) is 12.4. The Morgan fingerprint density at radius 1 is 1.37 bits per heavy atom. The summed E-state index contributed by atoms with van der Waals surface area (Å²) in [5.41, 5.74) is 6.21. The predicted molar refractivity (Wildman–Crippen MR) is 68.9 cm³/mol. The van der Waals surface area contributed by atoms with Crippen LogP contribution in [0.25, 0.3) is 0 Å². The molecule has 0 bridgehead atoms. The molecule has 3 N–H and O–H groups in total. The minimum atomic E-state index is -0.442. The van der Waals surface area contributed by atoms with Gasteiger partial charge in [-0.05, 0) is 37.0 Å². The first-order valence-electron chi connectivity index (χ1n) is 6.58. The summed E-state index contributed by atoms with van der Waals surface area (Å²) in [6.45, 7) is 1.23. The molecule has 0 aromatic heterocycles. The van der Waals surface area contributed by atoms with Crippen LogP contribution < -0.4 is 5.73 Å². The number of nitrogen functional groups attached to an aromatic ring is 1. The van der Waals surface area contributed by atoms with Crippen molar-refractivity contribution in [2.75, 3.05) is 18.8 Å². The van der Waals surface area contributed by atoms with Crippen LogP contribution >= 0.6 is 0 Å². The number of hydrogen-bond acceptors (Lipinski definition) is 3. The van der Waals surface area contributed by atoms with Gasteiger partial charge in [0.2, 0.25) is 0 Å². The average molecular weight is 264 g/mol. The molecule has 1 aromatic carbocycles. The number of fused-ring (bicyclic) bond motifs is 1. The molecule has 1 saturated carbocycles. The Hall–Kier alpha value is -1.62. The number of amides is 1. The Balaban J connectivity index is 1.78. The van der Waals surface area contributed by atoms with Gasteiger partial charge in [0.25, 0.3) is 5.91 Å². The van der Waals surface area contributed by atoms with Gasteiger partial charge in [0.15, 0.2) is 0 Å². The molecule has 1 heterocycles. The maximum Gasteiger partial charge on any atom is 0.255 e. The maximum atomic E-state index is 13.0. The summed E-state index contributed by atoms with van der Waals surface area (Å²) in [5, 5.41) is 9.85. The number of benzene rings is 1. The van der Waals surface area contributed by atoms with Gasteiger partial charge < -0.3 is 15.7 Å². The van der Waals surface area contributed by atoms with Crippen LogP contribution in [-0.2, 0) is 0 Å². The largest absolute Gasteiger partial charge is 0.398 e. The lowest BCUT2D eigenvalue weighted by Crippen LogP contribution is -2.31. The fourth-order valence-electron chi connectivity index (χ4n) is 3.30. The van der Waals surface area contributed by atoms with Crippen molar-refractivity contribution in [3.05, 3.63) is 29.6 Å². The van der Waals surface area contributed by atoms with Crippen LogP contribution in [0.4, 0.5) is 10.1 Å². The first-order valence-corrected chi connectivity index (χ1v) is 6.58. The normalized spacial score (nSPS) is 29.6. The molecule has 1 aromatic rings. The van der Waals surface area contributed by atoms with Crippen molar-refractivity contribution in [3.8, 4) is 0 Å². The topological polar surface area (TPSA) is 66.6 Å². The molecule has 3 rings (SSSR count). The van der Waals surface area contributed by atoms with Gasteiger partial charge in [-0.3, -0.25) is 4.79 Å². The second-order valence-electron chi connectivity index (χ2n) is 5.51. The summed E-state index contributed by atoms with van der Waals surface area (Å²) in [4.78, 5) is 14.1. The Morgan fingerprint density at radius 2 is 2.16 bits per heavy atom. The Morgan fingerprint density at radius 3 is 2.84 bits per heavy atom. The SMILES string of the molecule is Nc1cc(F)ccc1C(=O)N1CC2CCC(O)C2C1. The van der Waals surface area contributed by atoms with Gasteiger partial charge in [-0.25, -0.2) is 4.39 Å². The molecule has 4 nitrogen and oxygen atoms in total. The van der Waals surface area contributed by atoms with Crippen molar-refractivity contribution < 1.29 is 14.3 Å². The number of halogens is 1. The van der Waals surface area contributed by atoms with E-state index in [2.05, 4.69) is 0 Å². The number of nitrogens with zero attached hydrogens (tertiary/aromatic N) is 1. The van der Waals surface area contributed by atoms with E-state index in [0.717, 1.165) is 12.8 Å². The van der Waals surface area contributed by atoms with Gasteiger partial charge in [0, 0.05) is 24.7 Å². The number of aliphatic hydroxyl groups excluding tert-OH is 1. The van der Waals surface area contributed by atoms with Crippen LogP contribution in [0.15, 0.2) is 18.2 Å². The van der Waals surface area contributed by atoms with Crippen LogP contribution in [0.5, 0.6) is 0 Å². The summed E-state index contributed by atoms with van der Waals surface area (Å²) in [5.74, 6) is -0.0342. The number of carbonyl (C=O) groups is 1. The molecule has 102 valence electrons. The Labute approximate surface area is 111 Å². The van der Waals surface area contributed by atoms with Crippen molar-refractivity contribution in [1.29, 1.82) is 0 Å². The third-order valence-electron chi connectivity index (χ3n) is 4.35. The van der Waals surface area contributed by atoms with Gasteiger partial charge in [-0.1, -0.05) is 0 Å². The standard InChI is InChI=1S/C14H17FN2O2/c15-9-2-3-10(12(16)5-9)14(19)17-6-8-1-4-13(18)11(8)7-17/h2-3,5,8,11,13,18H,1,4,6-7,16H2. The molecule has 2 aliphatic rings. The lowest BCUT2D eigenvalue weighted by atomic mass is 10.00. The molecule has 3 atom stereocenters. The predicted octanol–water partition coefficient (Wildman–Crippen LogP) is 1.25. The van der Waals surface area contributed by atoms with Crippen LogP contribution in [-0.4, -0.2) is 35.1 Å². The quantitative estimate of drug-likeness (QED) is 0.750. The average Bonchev–Trinajstić information content (AvgIpc) is 2.91. The molecular formula is C14H17FN2O2. The molecule has 1 aliphatic carbocycles. The van der Waals surface area contributed by atoms with Crippen molar-refractivity contribution in [2.45, 2.75) is 18.9 Å². The van der Waals surface area contributed by atoms with Gasteiger partial charge >= 0.3 is 0 Å². The van der Waals surface area contributed by atoms with Gasteiger partial charge in [-0.15, -0.1) is 0 Å². The number of aliphatic hydroxyl groups is 1. The van der Waals surface area contributed by atoms with E-state index in [1.807, 2.05) is 0 Å². The fraction of sp³-hybridized carbons (Fsp3) is 0.500. The van der Waals surface area contributed by atoms with E-state index >= 15 is 0 Å². The molecule has 5 heteroatoms. The maximum absolute atomic E-state index is 13.0. The lowest BCUT2D eigenvalue weighted by Gasteiger charge is -2.19. The van der Waals surface area contributed by atoms with Gasteiger partial charge in [0.05, 0.1) is 11.7 Å². The summed E-state index contributed by atoms with van der Waals surface area (Å²) >= 11 is 0. The summed E-state index contributed by atoms with van der Waals surface area (Å²) in [6.07, 6.45) is 1.50. The molecule has 0 spiro atoms. The molecule has 0 radical (unpaired) electrons. The fourth-order valence-corrected chi connectivity index (χ4v) is 3.30. The monoisotopic (exact) mass is 264 g/mol. The summed E-state index contributed by atoms with van der Waals surface area (Å²) < 4.78 is 13.0. The molecule has 1 amide bonds. The van der Waals surface area contributed by atoms with E-state index in [0.29, 0.717) is 24.6 Å². The summed E-state index contributed by atoms with van der Waals surface area (Å²) in [6, 6.07) is 3.84. The zero-order valence-corrected chi connectivity index (χ0v) is 10.6. The van der Waals surface area contributed by atoms with E-state index in [1.165, 1.54) is 18.2 Å². The molecule has 2 fully saturated rings. The van der Waals surface area contributed by atoms with Crippen molar-refractivity contribution >= 4 is 11.6 Å². The van der Waals surface area contributed by atoms with Crippen LogP contribution in [0.3, 0.4) is 0 Å². The number of rotatable bonds is 1. The molecule has 19 heavy (non-hydrogen) atoms. The van der Waals surface area contributed by atoms with E-state index in [1.54, 1.807) is 4.90 Å². The Kier molecular flexibility index (Phi) is 2.93. The minimum Gasteiger partial charge on any atom is -0.398 e. The summed E-state index contributed by atoms with van der Waals surface area (Å²) in [7, 11) is 0. The molecule has 3 unspecified atom stereocenters. The molecular weight excluding hydrogens is 247 g/mol. The second kappa shape index (κ2) is 4.49. The van der Waals surface area contributed by atoms with Gasteiger partial charge in [0.1, 0.15) is 5.82 Å². The van der Waals surface area contributed by atoms with Crippen molar-refractivity contribution in [1.82, 2.24) is 4.90 Å². The zero-order chi connectivity index (χ0) is 13.6. The highest BCUT2D eigenvalue weighted by molar-refractivity contribution is 5.99. The van der Waals surface area contributed by atoms with Crippen molar-refractivity contribution in [3.63, 3.8) is 0 Å². The lowest BCUT2D eigenvalue weighted by molar-refractivity contribution is 0.0753. The van der Waals surface area contributed by atoms with Crippen LogP contribution in [0.1, 0.15) is 23.2 Å². The highest BCUT2D eigenvalue weighted by Gasteiger charge is 2.43. The smallest absolute Gasteiger partial charge is 0.255 e. The highest BCUT2D eigenvalue weighted by Crippen LogP contribution is 2.38. The number of anilines is 1. The van der Waals surface area contributed by atoms with E-state index in [9.17, 15) is 14.3 Å². The number of nitrogens with two attached hydrogens (primary N) is 1.